The number of hydrogen-bond acceptors (Lipinski definition) is 2. The van der Waals surface area contributed by atoms with Crippen LogP contribution >= 0.6 is 23.2 Å². The van der Waals surface area contributed by atoms with Gasteiger partial charge in [-0.15, -0.1) is 0 Å². The van der Waals surface area contributed by atoms with Gasteiger partial charge in [0.2, 0.25) is 5.91 Å². The predicted molar refractivity (Wildman–Crippen MR) is 76.7 cm³/mol. The van der Waals surface area contributed by atoms with Gasteiger partial charge in [0.1, 0.15) is 0 Å². The van der Waals surface area contributed by atoms with Gasteiger partial charge in [0.25, 0.3) is 0 Å². The molecule has 1 amide bonds. The maximum absolute atomic E-state index is 11.8. The monoisotopic (exact) mass is 297 g/mol. The number of carbonyl (C=O) groups excluding carboxylic acids is 1. The Labute approximate surface area is 121 Å². The average Bonchev–Trinajstić information content (AvgIpc) is 2.76. The summed E-state index contributed by atoms with van der Waals surface area (Å²) in [5.41, 5.74) is 1.63. The molecule has 0 bridgehead atoms. The van der Waals surface area contributed by atoms with E-state index in [1.165, 1.54) is 0 Å². The third-order valence-corrected chi connectivity index (χ3v) is 3.08. The van der Waals surface area contributed by atoms with Gasteiger partial charge in [0, 0.05) is 24.2 Å². The summed E-state index contributed by atoms with van der Waals surface area (Å²) >= 11 is 11.8. The molecule has 0 fully saturated rings. The minimum atomic E-state index is -0.114. The molecule has 0 aliphatic carbocycles. The van der Waals surface area contributed by atoms with Crippen molar-refractivity contribution in [2.24, 2.45) is 0 Å². The molecule has 100 valence electrons. The Bertz CT molecular complexity index is 595. The average molecular weight is 298 g/mol. The molecule has 0 aliphatic rings. The minimum Gasteiger partial charge on any atom is -0.325 e. The number of nitrogens with zero attached hydrogens (tertiary/aromatic N) is 2. The summed E-state index contributed by atoms with van der Waals surface area (Å²) in [4.78, 5) is 11.8. The first-order valence-corrected chi connectivity index (χ1v) is 6.54. The lowest BCUT2D eigenvalue weighted by atomic mass is 10.3. The first-order chi connectivity index (χ1) is 9.04. The molecule has 6 heteroatoms. The van der Waals surface area contributed by atoms with Crippen LogP contribution in [0, 0.1) is 6.92 Å². The van der Waals surface area contributed by atoms with Crippen LogP contribution in [0.1, 0.15) is 12.0 Å². The fourth-order valence-corrected chi connectivity index (χ4v) is 2.06. The van der Waals surface area contributed by atoms with Gasteiger partial charge in [-0.1, -0.05) is 23.2 Å². The molecule has 1 N–H and O–H groups in total. The quantitative estimate of drug-likeness (QED) is 0.938. The summed E-state index contributed by atoms with van der Waals surface area (Å²) in [5.74, 6) is -0.114. The van der Waals surface area contributed by atoms with Gasteiger partial charge < -0.3 is 5.32 Å². The molecular formula is C13H13Cl2N3O. The highest BCUT2D eigenvalue weighted by Gasteiger charge is 2.07. The van der Waals surface area contributed by atoms with Crippen molar-refractivity contribution in [3.05, 3.63) is 46.2 Å². The second-order valence-electron chi connectivity index (χ2n) is 4.20. The Morgan fingerprint density at radius 1 is 1.42 bits per heavy atom. The van der Waals surface area contributed by atoms with E-state index in [0.29, 0.717) is 28.7 Å². The van der Waals surface area contributed by atoms with Gasteiger partial charge in [-0.3, -0.25) is 9.48 Å². The van der Waals surface area contributed by atoms with Crippen LogP contribution in [-0.2, 0) is 11.3 Å². The number of halogens is 2. The SMILES string of the molecule is Cc1cnn(CCC(=O)Nc2ccc(Cl)cc2Cl)c1. The van der Waals surface area contributed by atoms with Crippen molar-refractivity contribution < 1.29 is 4.79 Å². The summed E-state index contributed by atoms with van der Waals surface area (Å²) in [7, 11) is 0. The topological polar surface area (TPSA) is 46.9 Å². The molecule has 0 saturated carbocycles. The summed E-state index contributed by atoms with van der Waals surface area (Å²) < 4.78 is 1.73. The first-order valence-electron chi connectivity index (χ1n) is 5.78. The normalized spacial score (nSPS) is 10.5. The van der Waals surface area contributed by atoms with E-state index in [9.17, 15) is 4.79 Å². The number of nitrogens with one attached hydrogen (secondary N) is 1. The number of amides is 1. The lowest BCUT2D eigenvalue weighted by Gasteiger charge is -2.07. The zero-order valence-corrected chi connectivity index (χ0v) is 11.9. The Balaban J connectivity index is 1.90. The largest absolute Gasteiger partial charge is 0.325 e. The molecule has 0 unspecified atom stereocenters. The van der Waals surface area contributed by atoms with Gasteiger partial charge in [-0.2, -0.15) is 5.10 Å². The van der Waals surface area contributed by atoms with Crippen molar-refractivity contribution in [1.29, 1.82) is 0 Å². The van der Waals surface area contributed by atoms with Crippen molar-refractivity contribution in [3.63, 3.8) is 0 Å². The number of carbonyl (C=O) groups is 1. The zero-order valence-electron chi connectivity index (χ0n) is 10.4. The summed E-state index contributed by atoms with van der Waals surface area (Å²) in [6, 6.07) is 4.95. The Hall–Kier alpha value is -1.52. The smallest absolute Gasteiger partial charge is 0.226 e. The van der Waals surface area contributed by atoms with Gasteiger partial charge in [-0.25, -0.2) is 0 Å². The van der Waals surface area contributed by atoms with Crippen LogP contribution < -0.4 is 5.32 Å². The molecule has 2 rings (SSSR count). The predicted octanol–water partition coefficient (Wildman–Crippen LogP) is 3.53. The Kier molecular flexibility index (Phi) is 4.45. The van der Waals surface area contributed by atoms with Crippen molar-refractivity contribution >= 4 is 34.8 Å². The van der Waals surface area contributed by atoms with Crippen LogP contribution in [0.3, 0.4) is 0 Å². The van der Waals surface area contributed by atoms with Gasteiger partial charge in [-0.05, 0) is 30.7 Å². The van der Waals surface area contributed by atoms with E-state index >= 15 is 0 Å². The highest BCUT2D eigenvalue weighted by atomic mass is 35.5. The highest BCUT2D eigenvalue weighted by molar-refractivity contribution is 6.36. The molecule has 0 saturated heterocycles. The number of rotatable bonds is 4. The van der Waals surface area contributed by atoms with Gasteiger partial charge in [0.05, 0.1) is 16.9 Å². The molecule has 0 spiro atoms. The van der Waals surface area contributed by atoms with E-state index in [1.54, 1.807) is 29.1 Å². The second-order valence-corrected chi connectivity index (χ2v) is 5.05. The standard InChI is InChI=1S/C13H13Cl2N3O/c1-9-7-16-18(8-9)5-4-13(19)17-12-3-2-10(14)6-11(12)15/h2-3,6-8H,4-5H2,1H3,(H,17,19). The van der Waals surface area contributed by atoms with E-state index in [2.05, 4.69) is 10.4 Å². The molecule has 0 aliphatic heterocycles. The van der Waals surface area contributed by atoms with Gasteiger partial charge in [0.15, 0.2) is 0 Å². The molecule has 0 atom stereocenters. The number of aromatic nitrogens is 2. The number of aryl methyl sites for hydroxylation is 2. The lowest BCUT2D eigenvalue weighted by molar-refractivity contribution is -0.116. The molecular weight excluding hydrogens is 285 g/mol. The number of benzene rings is 1. The molecule has 19 heavy (non-hydrogen) atoms. The molecule has 1 aromatic heterocycles. The van der Waals surface area contributed by atoms with Crippen molar-refractivity contribution in [2.45, 2.75) is 19.9 Å². The number of anilines is 1. The molecule has 2 aromatic rings. The summed E-state index contributed by atoms with van der Waals surface area (Å²) in [5, 5.41) is 7.82. The Morgan fingerprint density at radius 2 is 2.21 bits per heavy atom. The van der Waals surface area contributed by atoms with E-state index in [1.807, 2.05) is 13.1 Å². The lowest BCUT2D eigenvalue weighted by Crippen LogP contribution is -2.14. The maximum Gasteiger partial charge on any atom is 0.226 e. The first kappa shape index (κ1) is 13.9. The van der Waals surface area contributed by atoms with Crippen LogP contribution in [0.2, 0.25) is 10.0 Å². The van der Waals surface area contributed by atoms with Crippen LogP contribution in [0.15, 0.2) is 30.6 Å². The van der Waals surface area contributed by atoms with E-state index in [-0.39, 0.29) is 5.91 Å². The van der Waals surface area contributed by atoms with E-state index in [0.717, 1.165) is 5.56 Å². The third-order valence-electron chi connectivity index (χ3n) is 2.54. The molecule has 1 aromatic carbocycles. The van der Waals surface area contributed by atoms with Crippen LogP contribution in [0.4, 0.5) is 5.69 Å². The van der Waals surface area contributed by atoms with Crippen molar-refractivity contribution in [3.8, 4) is 0 Å². The maximum atomic E-state index is 11.8. The minimum absolute atomic E-state index is 0.114. The van der Waals surface area contributed by atoms with E-state index in [4.69, 9.17) is 23.2 Å². The van der Waals surface area contributed by atoms with Gasteiger partial charge >= 0.3 is 0 Å². The fourth-order valence-electron chi connectivity index (χ4n) is 1.61. The van der Waals surface area contributed by atoms with E-state index < -0.39 is 0 Å². The summed E-state index contributed by atoms with van der Waals surface area (Å²) in [6.07, 6.45) is 3.98. The fraction of sp³-hybridized carbons (Fsp3) is 0.231. The van der Waals surface area contributed by atoms with Crippen LogP contribution in [0.5, 0.6) is 0 Å². The highest BCUT2D eigenvalue weighted by Crippen LogP contribution is 2.25. The Morgan fingerprint density at radius 3 is 2.84 bits per heavy atom. The molecule has 0 radical (unpaired) electrons. The van der Waals surface area contributed by atoms with Crippen LogP contribution in [-0.4, -0.2) is 15.7 Å². The number of hydrogen-bond donors (Lipinski definition) is 1. The van der Waals surface area contributed by atoms with Crippen molar-refractivity contribution in [2.75, 3.05) is 5.32 Å². The summed E-state index contributed by atoms with van der Waals surface area (Å²) in [6.45, 7) is 2.49. The van der Waals surface area contributed by atoms with Crippen molar-refractivity contribution in [1.82, 2.24) is 9.78 Å². The molecule has 1 heterocycles. The second kappa shape index (κ2) is 6.08. The zero-order chi connectivity index (χ0) is 13.8. The van der Waals surface area contributed by atoms with Crippen LogP contribution in [0.25, 0.3) is 0 Å². The third kappa shape index (κ3) is 3.98. The molecule has 4 nitrogen and oxygen atoms in total.